The summed E-state index contributed by atoms with van der Waals surface area (Å²) in [5.74, 6) is 2.60. The van der Waals surface area contributed by atoms with E-state index in [2.05, 4.69) is 77.4 Å². The highest BCUT2D eigenvalue weighted by Gasteiger charge is 2.31. The van der Waals surface area contributed by atoms with E-state index in [1.807, 2.05) is 25.5 Å². The molecule has 2 aromatic heterocycles. The van der Waals surface area contributed by atoms with Crippen molar-refractivity contribution in [2.45, 2.75) is 77.7 Å². The molecule has 1 saturated heterocycles. The molecule has 7 nitrogen and oxygen atoms in total. The van der Waals surface area contributed by atoms with Gasteiger partial charge < -0.3 is 20.8 Å². The van der Waals surface area contributed by atoms with Crippen molar-refractivity contribution < 1.29 is 10.6 Å². The Kier molecular flexibility index (Phi) is 10.0. The summed E-state index contributed by atoms with van der Waals surface area (Å²) in [6.45, 7) is 10.4. The normalized spacial score (nSPS) is 26.0. The van der Waals surface area contributed by atoms with E-state index in [0.29, 0.717) is 12.6 Å². The third-order valence-electron chi connectivity index (χ3n) is 7.53. The Hall–Kier alpha value is -3.03. The molecule has 4 N–H and O–H groups in total. The van der Waals surface area contributed by atoms with Crippen LogP contribution in [0.15, 0.2) is 71.3 Å². The van der Waals surface area contributed by atoms with Crippen LogP contribution < -0.4 is 10.2 Å². The summed E-state index contributed by atoms with van der Waals surface area (Å²) in [6.07, 6.45) is 16.6. The van der Waals surface area contributed by atoms with Gasteiger partial charge in [0.2, 0.25) is 0 Å². The van der Waals surface area contributed by atoms with Crippen LogP contribution in [0.1, 0.15) is 71.8 Å². The molecule has 0 bridgehead atoms. The molecule has 3 atom stereocenters. The van der Waals surface area contributed by atoms with Crippen LogP contribution in [0.2, 0.25) is 0 Å². The Balaban J connectivity index is 0.000000711. The molecular formula is C30H43N5O2. The van der Waals surface area contributed by atoms with Gasteiger partial charge in [-0.2, -0.15) is 0 Å². The maximum Gasteiger partial charge on any atom is 0.155 e. The molecule has 200 valence electrons. The van der Waals surface area contributed by atoms with Crippen molar-refractivity contribution >= 4 is 17.3 Å². The molecule has 0 aromatic carbocycles. The minimum Gasteiger partial charge on any atom is -0.412 e. The van der Waals surface area contributed by atoms with Crippen LogP contribution in [-0.4, -0.2) is 45.6 Å². The minimum absolute atomic E-state index is 0. The average Bonchev–Trinajstić information content (AvgIpc) is 2.90. The molecule has 7 heteroatoms. The summed E-state index contributed by atoms with van der Waals surface area (Å²) in [6, 6.07) is 9.07. The van der Waals surface area contributed by atoms with Gasteiger partial charge in [-0.1, -0.05) is 26.8 Å². The first-order valence-corrected chi connectivity index (χ1v) is 13.4. The Morgan fingerprint density at radius 3 is 2.62 bits per heavy atom. The van der Waals surface area contributed by atoms with Gasteiger partial charge in [-0.25, -0.2) is 9.98 Å². The number of piperidine rings is 1. The number of hydrogen-bond acceptors (Lipinski definition) is 5. The maximum atomic E-state index is 7.88. The predicted octanol–water partition coefficient (Wildman–Crippen LogP) is 5.25. The number of allylic oxidation sites excluding steroid dienone is 3. The first-order valence-electron chi connectivity index (χ1n) is 13.4. The number of rotatable bonds is 4. The van der Waals surface area contributed by atoms with E-state index in [-0.39, 0.29) is 10.9 Å². The predicted molar refractivity (Wildman–Crippen MR) is 152 cm³/mol. The van der Waals surface area contributed by atoms with E-state index in [9.17, 15) is 0 Å². The quantitative estimate of drug-likeness (QED) is 0.590. The van der Waals surface area contributed by atoms with Gasteiger partial charge in [0.15, 0.2) is 5.82 Å². The zero-order chi connectivity index (χ0) is 25.5. The average molecular weight is 506 g/mol. The van der Waals surface area contributed by atoms with E-state index in [1.165, 1.54) is 35.4 Å². The van der Waals surface area contributed by atoms with Crippen LogP contribution in [0.4, 0.5) is 11.5 Å². The molecule has 2 aromatic rings. The smallest absolute Gasteiger partial charge is 0.155 e. The van der Waals surface area contributed by atoms with Gasteiger partial charge in [-0.15, -0.1) is 0 Å². The number of nitrogens with zero attached hydrogens (tertiary/aromatic N) is 4. The SMILES string of the molecule is CC1CCN(c2ccnc(N=C3CCC4=C(C=CC(C)(c5ccncc5)C4)N3)c2)[C@H](C)C1.CCCO.O. The number of aliphatic hydroxyl groups excluding tert-OH is 1. The zero-order valence-electron chi connectivity index (χ0n) is 22.7. The molecule has 0 spiro atoms. The minimum atomic E-state index is 0. The number of anilines is 1. The number of aliphatic hydroxyl groups is 1. The Bertz CT molecular complexity index is 1110. The van der Waals surface area contributed by atoms with Gasteiger partial charge in [0.25, 0.3) is 0 Å². The van der Waals surface area contributed by atoms with Crippen LogP contribution in [0.3, 0.4) is 0 Å². The first kappa shape index (κ1) is 28.5. The molecule has 2 aliphatic heterocycles. The van der Waals surface area contributed by atoms with E-state index >= 15 is 0 Å². The van der Waals surface area contributed by atoms with Crippen LogP contribution in [-0.2, 0) is 5.41 Å². The molecule has 0 amide bonds. The highest BCUT2D eigenvalue weighted by Crippen LogP contribution is 2.39. The van der Waals surface area contributed by atoms with Gasteiger partial charge in [-0.3, -0.25) is 4.98 Å². The lowest BCUT2D eigenvalue weighted by Gasteiger charge is -2.38. The number of hydrogen-bond donors (Lipinski definition) is 2. The molecule has 2 unspecified atom stereocenters. The first-order chi connectivity index (χ1) is 17.4. The van der Waals surface area contributed by atoms with E-state index in [4.69, 9.17) is 10.1 Å². The summed E-state index contributed by atoms with van der Waals surface area (Å²) in [5.41, 5.74) is 5.26. The number of aromatic nitrogens is 2. The number of aliphatic imine (C=N–C) groups is 1. The molecule has 3 aliphatic rings. The van der Waals surface area contributed by atoms with Crippen molar-refractivity contribution in [3.8, 4) is 0 Å². The second-order valence-electron chi connectivity index (χ2n) is 10.6. The summed E-state index contributed by atoms with van der Waals surface area (Å²) >= 11 is 0. The Labute approximate surface area is 221 Å². The lowest BCUT2D eigenvalue weighted by atomic mass is 9.73. The molecular weight excluding hydrogens is 462 g/mol. The second-order valence-corrected chi connectivity index (χ2v) is 10.6. The molecule has 0 saturated carbocycles. The van der Waals surface area contributed by atoms with Crippen molar-refractivity contribution in [1.82, 2.24) is 15.3 Å². The van der Waals surface area contributed by atoms with Gasteiger partial charge >= 0.3 is 0 Å². The molecule has 5 rings (SSSR count). The van der Waals surface area contributed by atoms with Crippen molar-refractivity contribution in [1.29, 1.82) is 0 Å². The van der Waals surface area contributed by atoms with Gasteiger partial charge in [-0.05, 0) is 80.4 Å². The molecule has 1 aliphatic carbocycles. The van der Waals surface area contributed by atoms with Crippen LogP contribution in [0, 0.1) is 5.92 Å². The summed E-state index contributed by atoms with van der Waals surface area (Å²) in [5, 5.41) is 11.5. The topological polar surface area (TPSA) is 105 Å². The van der Waals surface area contributed by atoms with E-state index < -0.39 is 0 Å². The van der Waals surface area contributed by atoms with E-state index in [1.54, 1.807) is 0 Å². The lowest BCUT2D eigenvalue weighted by Crippen LogP contribution is -2.40. The summed E-state index contributed by atoms with van der Waals surface area (Å²) in [7, 11) is 0. The maximum absolute atomic E-state index is 7.88. The second kappa shape index (κ2) is 13.0. The van der Waals surface area contributed by atoms with Crippen molar-refractivity contribution in [3.05, 3.63) is 71.8 Å². The van der Waals surface area contributed by atoms with Crippen molar-refractivity contribution in [2.75, 3.05) is 18.1 Å². The fourth-order valence-corrected chi connectivity index (χ4v) is 5.41. The molecule has 1 fully saturated rings. The van der Waals surface area contributed by atoms with Crippen LogP contribution in [0.5, 0.6) is 0 Å². The fourth-order valence-electron chi connectivity index (χ4n) is 5.41. The largest absolute Gasteiger partial charge is 0.412 e. The number of pyridine rings is 2. The summed E-state index contributed by atoms with van der Waals surface area (Å²) < 4.78 is 0. The number of amidine groups is 1. The van der Waals surface area contributed by atoms with Crippen LogP contribution in [0.25, 0.3) is 0 Å². The highest BCUT2D eigenvalue weighted by atomic mass is 16.2. The highest BCUT2D eigenvalue weighted by molar-refractivity contribution is 5.88. The van der Waals surface area contributed by atoms with Gasteiger partial charge in [0.1, 0.15) is 5.84 Å². The van der Waals surface area contributed by atoms with Crippen molar-refractivity contribution in [2.24, 2.45) is 10.9 Å². The molecule has 0 radical (unpaired) electrons. The summed E-state index contributed by atoms with van der Waals surface area (Å²) in [4.78, 5) is 16.1. The lowest BCUT2D eigenvalue weighted by molar-refractivity contribution is 0.295. The van der Waals surface area contributed by atoms with E-state index in [0.717, 1.165) is 49.8 Å². The third kappa shape index (κ3) is 7.05. The third-order valence-corrected chi connectivity index (χ3v) is 7.53. The monoisotopic (exact) mass is 505 g/mol. The van der Waals surface area contributed by atoms with Gasteiger partial charge in [0.05, 0.1) is 0 Å². The standard InChI is InChI=1S/C27H33N5.C3H8O.H2O/c1-19-10-15-32(20(2)16-19)23-9-14-29-26(17-23)31-25-5-4-21-18-27(3,11-6-24(21)30-25)22-7-12-28-13-8-22;1-2-3-4;/h6-9,11-14,17,19-20H,4-5,10,15-16,18H2,1-3H3,(H,29,30,31);4H,2-3H2,1H3;1H2/t19?,20-,27?;;/m1../s1. The van der Waals surface area contributed by atoms with Crippen molar-refractivity contribution in [3.63, 3.8) is 0 Å². The Morgan fingerprint density at radius 1 is 1.16 bits per heavy atom. The zero-order valence-corrected chi connectivity index (χ0v) is 22.7. The molecule has 37 heavy (non-hydrogen) atoms. The fraction of sp³-hybridized carbons (Fsp3) is 0.500. The Morgan fingerprint density at radius 2 is 1.92 bits per heavy atom. The van der Waals surface area contributed by atoms with Crippen LogP contribution >= 0.6 is 0 Å². The van der Waals surface area contributed by atoms with Gasteiger partial charge in [0, 0.05) is 67.1 Å². The number of nitrogens with one attached hydrogen (secondary N) is 1. The molecule has 4 heterocycles.